The third-order valence-corrected chi connectivity index (χ3v) is 3.92. The van der Waals surface area contributed by atoms with Crippen LogP contribution in [0.4, 0.5) is 5.69 Å². The fourth-order valence-corrected chi connectivity index (χ4v) is 2.43. The lowest BCUT2D eigenvalue weighted by molar-refractivity contribution is -0.385. The minimum Gasteiger partial charge on any atom is -0.353 e. The Balaban J connectivity index is 2.33. The number of nitro benzene ring substituents is 1. The Morgan fingerprint density at radius 1 is 1.35 bits per heavy atom. The summed E-state index contributed by atoms with van der Waals surface area (Å²) in [6.07, 6.45) is 1.93. The van der Waals surface area contributed by atoms with Crippen LogP contribution in [0.15, 0.2) is 36.5 Å². The summed E-state index contributed by atoms with van der Waals surface area (Å²) < 4.78 is 1.96. The first kappa shape index (κ1) is 16.7. The van der Waals surface area contributed by atoms with Crippen LogP contribution in [-0.4, -0.2) is 26.3 Å². The summed E-state index contributed by atoms with van der Waals surface area (Å²) in [5, 5.41) is 11.1. The molecule has 0 aliphatic carbocycles. The van der Waals surface area contributed by atoms with Crippen LogP contribution < -0.4 is 0 Å². The molecule has 1 aromatic heterocycles. The average molecular weight is 315 g/mol. The first-order valence-electron chi connectivity index (χ1n) is 7.47. The third-order valence-electron chi connectivity index (χ3n) is 3.92. The van der Waals surface area contributed by atoms with Gasteiger partial charge in [0.1, 0.15) is 0 Å². The van der Waals surface area contributed by atoms with Gasteiger partial charge in [-0.2, -0.15) is 0 Å². The van der Waals surface area contributed by atoms with Gasteiger partial charge in [-0.3, -0.25) is 14.9 Å². The van der Waals surface area contributed by atoms with Crippen LogP contribution in [0.2, 0.25) is 0 Å². The molecule has 0 bridgehead atoms. The fourth-order valence-electron chi connectivity index (χ4n) is 2.43. The second-order valence-electron chi connectivity index (χ2n) is 5.90. The molecule has 2 aromatic rings. The molecule has 0 radical (unpaired) electrons. The normalized spacial score (nSPS) is 10.8. The maximum Gasteiger partial charge on any atom is 0.273 e. The minimum atomic E-state index is -0.455. The maximum atomic E-state index is 12.8. The Morgan fingerprint density at radius 3 is 2.57 bits per heavy atom. The van der Waals surface area contributed by atoms with Crippen molar-refractivity contribution in [1.82, 2.24) is 9.47 Å². The van der Waals surface area contributed by atoms with Gasteiger partial charge in [-0.25, -0.2) is 0 Å². The molecule has 0 aliphatic heterocycles. The average Bonchev–Trinajstić information content (AvgIpc) is 2.89. The van der Waals surface area contributed by atoms with Gasteiger partial charge in [-0.05, 0) is 39.0 Å². The highest BCUT2D eigenvalue weighted by Gasteiger charge is 2.22. The Bertz CT molecular complexity index is 734. The van der Waals surface area contributed by atoms with E-state index in [0.29, 0.717) is 17.7 Å². The van der Waals surface area contributed by atoms with Crippen LogP contribution in [0.5, 0.6) is 0 Å². The van der Waals surface area contributed by atoms with Gasteiger partial charge < -0.3 is 9.47 Å². The standard InChI is InChI=1S/C17H21N3O3/c1-12(2)19(11-15-6-5-9-18(15)4)17(21)14-8-7-13(3)16(10-14)20(22)23/h5-10,12H,11H2,1-4H3. The number of nitro groups is 1. The molecule has 2 rings (SSSR count). The first-order valence-corrected chi connectivity index (χ1v) is 7.47. The Morgan fingerprint density at radius 2 is 2.04 bits per heavy atom. The molecule has 0 unspecified atom stereocenters. The maximum absolute atomic E-state index is 12.8. The topological polar surface area (TPSA) is 68.4 Å². The van der Waals surface area contributed by atoms with Crippen LogP contribution in [0, 0.1) is 17.0 Å². The largest absolute Gasteiger partial charge is 0.353 e. The number of carbonyl (C=O) groups excluding carboxylic acids is 1. The molecule has 23 heavy (non-hydrogen) atoms. The fraction of sp³-hybridized carbons (Fsp3) is 0.353. The third kappa shape index (κ3) is 3.59. The van der Waals surface area contributed by atoms with E-state index in [4.69, 9.17) is 0 Å². The number of aryl methyl sites for hydroxylation is 2. The zero-order valence-corrected chi connectivity index (χ0v) is 13.8. The van der Waals surface area contributed by atoms with Gasteiger partial charge in [0.15, 0.2) is 0 Å². The zero-order valence-electron chi connectivity index (χ0n) is 13.8. The van der Waals surface area contributed by atoms with Gasteiger partial charge in [0.25, 0.3) is 11.6 Å². The second kappa shape index (κ2) is 6.64. The summed E-state index contributed by atoms with van der Waals surface area (Å²) in [5.74, 6) is -0.204. The van der Waals surface area contributed by atoms with E-state index in [0.717, 1.165) is 5.69 Å². The number of benzene rings is 1. The van der Waals surface area contributed by atoms with Gasteiger partial charge in [0, 0.05) is 42.2 Å². The summed E-state index contributed by atoms with van der Waals surface area (Å²) >= 11 is 0. The highest BCUT2D eigenvalue weighted by molar-refractivity contribution is 5.95. The minimum absolute atomic E-state index is 0.0160. The van der Waals surface area contributed by atoms with Crippen molar-refractivity contribution >= 4 is 11.6 Å². The molecule has 0 saturated heterocycles. The van der Waals surface area contributed by atoms with Crippen molar-refractivity contribution in [1.29, 1.82) is 0 Å². The number of nitrogens with zero attached hydrogens (tertiary/aromatic N) is 3. The number of hydrogen-bond acceptors (Lipinski definition) is 3. The monoisotopic (exact) mass is 315 g/mol. The number of hydrogen-bond donors (Lipinski definition) is 0. The Hall–Kier alpha value is -2.63. The molecule has 1 aromatic carbocycles. The predicted molar refractivity (Wildman–Crippen MR) is 88.3 cm³/mol. The molecule has 0 N–H and O–H groups in total. The molecule has 0 aliphatic rings. The van der Waals surface area contributed by atoms with Crippen LogP contribution in [0.25, 0.3) is 0 Å². The van der Waals surface area contributed by atoms with Gasteiger partial charge in [0.05, 0.1) is 11.5 Å². The van der Waals surface area contributed by atoms with Gasteiger partial charge in [-0.1, -0.05) is 6.07 Å². The predicted octanol–water partition coefficient (Wildman–Crippen LogP) is 3.29. The zero-order chi connectivity index (χ0) is 17.1. The molecule has 1 heterocycles. The number of amides is 1. The Kier molecular flexibility index (Phi) is 4.83. The van der Waals surface area contributed by atoms with E-state index in [9.17, 15) is 14.9 Å². The highest BCUT2D eigenvalue weighted by atomic mass is 16.6. The molecule has 122 valence electrons. The first-order chi connectivity index (χ1) is 10.8. The summed E-state index contributed by atoms with van der Waals surface area (Å²) in [6, 6.07) is 8.49. The molecule has 0 saturated carbocycles. The smallest absolute Gasteiger partial charge is 0.273 e. The lowest BCUT2D eigenvalue weighted by Gasteiger charge is -2.27. The Labute approximate surface area is 135 Å². The molecule has 1 amide bonds. The van der Waals surface area contributed by atoms with E-state index in [2.05, 4.69) is 0 Å². The van der Waals surface area contributed by atoms with Crippen LogP contribution >= 0.6 is 0 Å². The van der Waals surface area contributed by atoms with E-state index in [1.807, 2.05) is 43.8 Å². The molecule has 6 heteroatoms. The number of carbonyl (C=O) groups is 1. The van der Waals surface area contributed by atoms with Crippen LogP contribution in [-0.2, 0) is 13.6 Å². The van der Waals surface area contributed by atoms with Crippen molar-refractivity contribution in [2.45, 2.75) is 33.4 Å². The molecular weight excluding hydrogens is 294 g/mol. The summed E-state index contributed by atoms with van der Waals surface area (Å²) in [4.78, 5) is 25.1. The van der Waals surface area contributed by atoms with E-state index in [-0.39, 0.29) is 17.6 Å². The van der Waals surface area contributed by atoms with Crippen molar-refractivity contribution in [3.63, 3.8) is 0 Å². The molecule has 0 fully saturated rings. The summed E-state index contributed by atoms with van der Waals surface area (Å²) in [6.45, 7) is 5.99. The molecule has 0 spiro atoms. The van der Waals surface area contributed by atoms with Crippen molar-refractivity contribution < 1.29 is 9.72 Å². The van der Waals surface area contributed by atoms with E-state index in [1.54, 1.807) is 24.0 Å². The van der Waals surface area contributed by atoms with Crippen molar-refractivity contribution in [3.8, 4) is 0 Å². The lowest BCUT2D eigenvalue weighted by Crippen LogP contribution is -2.37. The van der Waals surface area contributed by atoms with Crippen molar-refractivity contribution in [2.24, 2.45) is 7.05 Å². The SMILES string of the molecule is Cc1ccc(C(=O)N(Cc2cccn2C)C(C)C)cc1[N+](=O)[O-]. The van der Waals surface area contributed by atoms with E-state index < -0.39 is 4.92 Å². The van der Waals surface area contributed by atoms with Crippen molar-refractivity contribution in [3.05, 3.63) is 63.5 Å². The lowest BCUT2D eigenvalue weighted by atomic mass is 10.1. The number of aromatic nitrogens is 1. The van der Waals surface area contributed by atoms with Gasteiger partial charge >= 0.3 is 0 Å². The van der Waals surface area contributed by atoms with Gasteiger partial charge in [0.2, 0.25) is 0 Å². The quantitative estimate of drug-likeness (QED) is 0.628. The molecule has 6 nitrogen and oxygen atoms in total. The highest BCUT2D eigenvalue weighted by Crippen LogP contribution is 2.21. The van der Waals surface area contributed by atoms with E-state index >= 15 is 0 Å². The number of rotatable bonds is 5. The van der Waals surface area contributed by atoms with Crippen LogP contribution in [0.1, 0.15) is 35.5 Å². The van der Waals surface area contributed by atoms with Crippen molar-refractivity contribution in [2.75, 3.05) is 0 Å². The van der Waals surface area contributed by atoms with E-state index in [1.165, 1.54) is 6.07 Å². The van der Waals surface area contributed by atoms with Crippen LogP contribution in [0.3, 0.4) is 0 Å². The van der Waals surface area contributed by atoms with Gasteiger partial charge in [-0.15, -0.1) is 0 Å². The molecular formula is C17H21N3O3. The second-order valence-corrected chi connectivity index (χ2v) is 5.90. The summed E-state index contributed by atoms with van der Waals surface area (Å²) in [7, 11) is 1.93. The molecule has 0 atom stereocenters. The summed E-state index contributed by atoms with van der Waals surface area (Å²) in [5.41, 5.74) is 1.86.